The van der Waals surface area contributed by atoms with E-state index in [0.29, 0.717) is 11.2 Å². The molecule has 0 radical (unpaired) electrons. The fraction of sp³-hybridized carbons (Fsp3) is 0.531. The van der Waals surface area contributed by atoms with Gasteiger partial charge in [-0.15, -0.1) is 0 Å². The topological polar surface area (TPSA) is 42.8 Å². The second-order valence-electron chi connectivity index (χ2n) is 10.4. The average Bonchev–Trinajstić information content (AvgIpc) is 3.28. The summed E-state index contributed by atoms with van der Waals surface area (Å²) in [7, 11) is 3.37. The predicted octanol–water partition coefficient (Wildman–Crippen LogP) is 7.02. The van der Waals surface area contributed by atoms with Gasteiger partial charge < -0.3 is 14.0 Å². The van der Waals surface area contributed by atoms with Crippen LogP contribution in [0.2, 0.25) is 5.15 Å². The zero-order chi connectivity index (χ0) is 27.9. The maximum absolute atomic E-state index is 6.91. The van der Waals surface area contributed by atoms with Crippen LogP contribution in [0.15, 0.2) is 36.4 Å². The Kier molecular flexibility index (Phi) is 10.3. The number of aromatic nitrogens is 2. The van der Waals surface area contributed by atoms with Gasteiger partial charge in [-0.25, -0.2) is 4.98 Å². The number of aryl methyl sites for hydroxylation is 2. The number of halogens is 1. The quantitative estimate of drug-likeness (QED) is 0.241. The third kappa shape index (κ3) is 6.45. The molecule has 7 heteroatoms. The van der Waals surface area contributed by atoms with E-state index in [9.17, 15) is 0 Å². The van der Waals surface area contributed by atoms with Crippen LogP contribution in [-0.4, -0.2) is 59.7 Å². The van der Waals surface area contributed by atoms with Crippen molar-refractivity contribution in [3.63, 3.8) is 0 Å². The first-order valence-electron chi connectivity index (χ1n) is 14.5. The van der Waals surface area contributed by atoms with Gasteiger partial charge in [0.25, 0.3) is 0 Å². The van der Waals surface area contributed by atoms with E-state index >= 15 is 0 Å². The van der Waals surface area contributed by atoms with Gasteiger partial charge in [0.2, 0.25) is 0 Å². The minimum absolute atomic E-state index is 0.301. The van der Waals surface area contributed by atoms with Crippen molar-refractivity contribution in [1.82, 2.24) is 19.4 Å². The number of rotatable bonds is 12. The third-order valence-electron chi connectivity index (χ3n) is 8.20. The Balaban J connectivity index is 1.52. The first kappa shape index (κ1) is 29.4. The summed E-state index contributed by atoms with van der Waals surface area (Å²) in [6.07, 6.45) is 4.21. The molecular weight excluding hydrogens is 508 g/mol. The molecule has 0 saturated carbocycles. The summed E-state index contributed by atoms with van der Waals surface area (Å²) >= 11 is 6.91. The molecule has 1 unspecified atom stereocenters. The van der Waals surface area contributed by atoms with E-state index in [2.05, 4.69) is 72.4 Å². The van der Waals surface area contributed by atoms with E-state index in [0.717, 1.165) is 88.0 Å². The molecule has 0 aliphatic carbocycles. The zero-order valence-electron chi connectivity index (χ0n) is 24.6. The van der Waals surface area contributed by atoms with E-state index in [4.69, 9.17) is 26.1 Å². The van der Waals surface area contributed by atoms with Gasteiger partial charge in [0.15, 0.2) is 16.7 Å². The lowest BCUT2D eigenvalue weighted by Crippen LogP contribution is -2.46. The molecule has 1 saturated heterocycles. The van der Waals surface area contributed by atoms with Gasteiger partial charge in [-0.05, 0) is 55.0 Å². The van der Waals surface area contributed by atoms with Crippen molar-refractivity contribution >= 4 is 11.6 Å². The highest BCUT2D eigenvalue weighted by atomic mass is 35.5. The molecule has 212 valence electrons. The Labute approximate surface area is 239 Å². The summed E-state index contributed by atoms with van der Waals surface area (Å²) in [4.78, 5) is 10.1. The van der Waals surface area contributed by atoms with Crippen molar-refractivity contribution < 1.29 is 9.47 Å². The van der Waals surface area contributed by atoms with Crippen molar-refractivity contribution in [3.8, 4) is 22.9 Å². The molecule has 1 aromatic heterocycles. The molecule has 0 N–H and O–H groups in total. The number of hydrogen-bond donors (Lipinski definition) is 0. The summed E-state index contributed by atoms with van der Waals surface area (Å²) in [6, 6.07) is 13.2. The van der Waals surface area contributed by atoms with Crippen LogP contribution in [0, 0.1) is 0 Å². The highest BCUT2D eigenvalue weighted by molar-refractivity contribution is 6.30. The molecule has 0 bridgehead atoms. The van der Waals surface area contributed by atoms with E-state index < -0.39 is 0 Å². The fourth-order valence-electron chi connectivity index (χ4n) is 5.73. The Hall–Kier alpha value is -2.54. The number of methoxy groups -OCH3 is 2. The van der Waals surface area contributed by atoms with Crippen LogP contribution in [0.4, 0.5) is 0 Å². The van der Waals surface area contributed by atoms with Crippen LogP contribution in [0.5, 0.6) is 11.5 Å². The summed E-state index contributed by atoms with van der Waals surface area (Å²) in [5.74, 6) is 2.59. The number of ether oxygens (including phenoxy) is 2. The Morgan fingerprint density at radius 1 is 0.923 bits per heavy atom. The molecule has 1 aliphatic heterocycles. The molecule has 6 nitrogen and oxygen atoms in total. The number of unbranched alkanes of at least 4 members (excludes halogenated alkanes) is 1. The Morgan fingerprint density at radius 2 is 1.59 bits per heavy atom. The second-order valence-corrected chi connectivity index (χ2v) is 10.8. The lowest BCUT2D eigenvalue weighted by Gasteiger charge is -2.38. The SMILES string of the molecule is CCCCn1c(-c2c(CC)cccc2CC)nc(Cl)c1CN1CCN(C(C)c2ccc(OC)c(OC)c2)CC1. The van der Waals surface area contributed by atoms with Crippen LogP contribution < -0.4 is 9.47 Å². The number of benzene rings is 2. The van der Waals surface area contributed by atoms with Crippen molar-refractivity contribution in [2.45, 2.75) is 72.5 Å². The van der Waals surface area contributed by atoms with Gasteiger partial charge in [-0.2, -0.15) is 0 Å². The van der Waals surface area contributed by atoms with Crippen LogP contribution in [0.1, 0.15) is 69.0 Å². The van der Waals surface area contributed by atoms with Crippen molar-refractivity contribution in [2.75, 3.05) is 40.4 Å². The minimum Gasteiger partial charge on any atom is -0.493 e. The minimum atomic E-state index is 0.301. The normalized spacial score (nSPS) is 15.5. The highest BCUT2D eigenvalue weighted by Gasteiger charge is 2.26. The van der Waals surface area contributed by atoms with Crippen LogP contribution in [0.3, 0.4) is 0 Å². The zero-order valence-corrected chi connectivity index (χ0v) is 25.4. The lowest BCUT2D eigenvalue weighted by atomic mass is 9.97. The van der Waals surface area contributed by atoms with E-state index in [-0.39, 0.29) is 0 Å². The molecular formula is C32H45ClN4O2. The van der Waals surface area contributed by atoms with Gasteiger partial charge in [-0.1, -0.05) is 63.1 Å². The number of piperazine rings is 1. The first-order valence-corrected chi connectivity index (χ1v) is 14.9. The Morgan fingerprint density at radius 3 is 2.18 bits per heavy atom. The van der Waals surface area contributed by atoms with Gasteiger partial charge >= 0.3 is 0 Å². The number of imidazole rings is 1. The molecule has 0 spiro atoms. The Bertz CT molecular complexity index is 1210. The van der Waals surface area contributed by atoms with Crippen LogP contribution in [-0.2, 0) is 25.9 Å². The number of nitrogens with zero attached hydrogens (tertiary/aromatic N) is 4. The maximum atomic E-state index is 6.91. The molecule has 2 aromatic carbocycles. The molecule has 2 heterocycles. The maximum Gasteiger partial charge on any atom is 0.161 e. The van der Waals surface area contributed by atoms with E-state index in [1.807, 2.05) is 6.07 Å². The summed E-state index contributed by atoms with van der Waals surface area (Å²) < 4.78 is 13.4. The van der Waals surface area contributed by atoms with Gasteiger partial charge in [0.05, 0.1) is 19.9 Å². The fourth-order valence-corrected chi connectivity index (χ4v) is 5.97. The van der Waals surface area contributed by atoms with Gasteiger partial charge in [0, 0.05) is 50.9 Å². The average molecular weight is 553 g/mol. The second kappa shape index (κ2) is 13.7. The third-order valence-corrected chi connectivity index (χ3v) is 8.50. The van der Waals surface area contributed by atoms with Crippen molar-refractivity contribution in [3.05, 3.63) is 63.9 Å². The molecule has 1 aliphatic rings. The summed E-state index contributed by atoms with van der Waals surface area (Å²) in [6.45, 7) is 14.7. The summed E-state index contributed by atoms with van der Waals surface area (Å²) in [5.41, 5.74) is 6.36. The number of hydrogen-bond acceptors (Lipinski definition) is 5. The molecule has 1 fully saturated rings. The first-order chi connectivity index (χ1) is 18.9. The van der Waals surface area contributed by atoms with Crippen molar-refractivity contribution in [2.24, 2.45) is 0 Å². The highest BCUT2D eigenvalue weighted by Crippen LogP contribution is 2.34. The lowest BCUT2D eigenvalue weighted by molar-refractivity contribution is 0.0962. The van der Waals surface area contributed by atoms with E-state index in [1.165, 1.54) is 22.3 Å². The van der Waals surface area contributed by atoms with E-state index in [1.54, 1.807) is 14.2 Å². The smallest absolute Gasteiger partial charge is 0.161 e. The molecule has 0 amide bonds. The monoisotopic (exact) mass is 552 g/mol. The van der Waals surface area contributed by atoms with Crippen LogP contribution >= 0.6 is 11.6 Å². The molecule has 3 aromatic rings. The summed E-state index contributed by atoms with van der Waals surface area (Å²) in [5, 5.41) is 0.648. The van der Waals surface area contributed by atoms with Crippen molar-refractivity contribution in [1.29, 1.82) is 0 Å². The molecule has 4 rings (SSSR count). The molecule has 39 heavy (non-hydrogen) atoms. The van der Waals surface area contributed by atoms with Gasteiger partial charge in [0.1, 0.15) is 5.82 Å². The predicted molar refractivity (Wildman–Crippen MR) is 161 cm³/mol. The van der Waals surface area contributed by atoms with Gasteiger partial charge in [-0.3, -0.25) is 9.80 Å². The molecule has 1 atom stereocenters. The van der Waals surface area contributed by atoms with Crippen LogP contribution in [0.25, 0.3) is 11.4 Å². The standard InChI is InChI=1S/C32H45ClN4O2/c1-7-10-16-37-27(31(33)34-32(37)30-24(8-2)12-11-13-25(30)9-3)22-35-17-19-36(20-18-35)23(4)26-14-15-28(38-5)29(21-26)39-6/h11-15,21,23H,7-10,16-20,22H2,1-6H3. The largest absolute Gasteiger partial charge is 0.493 e.